The fraction of sp³-hybridized carbons (Fsp3) is 0.385. The van der Waals surface area contributed by atoms with E-state index in [-0.39, 0.29) is 5.82 Å². The number of likely N-dealkylation sites (N-methyl/N-ethyl adjacent to an activating group) is 1. The summed E-state index contributed by atoms with van der Waals surface area (Å²) in [6.45, 7) is 3.82. The van der Waals surface area contributed by atoms with E-state index in [1.165, 1.54) is 12.1 Å². The van der Waals surface area contributed by atoms with E-state index in [0.29, 0.717) is 17.5 Å². The van der Waals surface area contributed by atoms with Crippen LogP contribution in [0.15, 0.2) is 33.7 Å². The first-order valence-corrected chi connectivity index (χ1v) is 7.17. The van der Waals surface area contributed by atoms with Gasteiger partial charge in [0.2, 0.25) is 5.89 Å². The number of hydrogen-bond donors (Lipinski definition) is 1. The Bertz CT molecular complexity index is 501. The lowest BCUT2D eigenvalue weighted by Gasteiger charge is -1.97. The van der Waals surface area contributed by atoms with Crippen molar-refractivity contribution in [1.29, 1.82) is 0 Å². The van der Waals surface area contributed by atoms with Gasteiger partial charge in [-0.3, -0.25) is 0 Å². The Morgan fingerprint density at radius 1 is 1.32 bits per heavy atom. The Kier molecular flexibility index (Phi) is 5.35. The normalized spacial score (nSPS) is 10.8. The van der Waals surface area contributed by atoms with Crippen molar-refractivity contribution in [3.63, 3.8) is 0 Å². The molecule has 102 valence electrons. The number of rotatable bonds is 7. The minimum atomic E-state index is -0.227. The summed E-state index contributed by atoms with van der Waals surface area (Å²) in [5.41, 5.74) is 0. The van der Waals surface area contributed by atoms with Crippen molar-refractivity contribution < 1.29 is 8.91 Å². The molecule has 1 aromatic carbocycles. The highest BCUT2D eigenvalue weighted by Crippen LogP contribution is 2.21. The van der Waals surface area contributed by atoms with Gasteiger partial charge in [-0.05, 0) is 30.8 Å². The predicted molar refractivity (Wildman–Crippen MR) is 72.5 cm³/mol. The average molecular weight is 281 g/mol. The van der Waals surface area contributed by atoms with Gasteiger partial charge >= 0.3 is 0 Å². The van der Waals surface area contributed by atoms with Crippen LogP contribution in [0.25, 0.3) is 0 Å². The lowest BCUT2D eigenvalue weighted by atomic mass is 10.4. The van der Waals surface area contributed by atoms with E-state index in [2.05, 4.69) is 22.4 Å². The standard InChI is InChI=1S/C13H16FN3OS/c1-2-15-8-7-13-16-12(17-18-13)9-19-11-5-3-10(14)4-6-11/h3-6,15H,2,7-9H2,1H3. The van der Waals surface area contributed by atoms with Crippen LogP contribution in [0.1, 0.15) is 18.6 Å². The van der Waals surface area contributed by atoms with Gasteiger partial charge in [-0.2, -0.15) is 4.98 Å². The fourth-order valence-electron chi connectivity index (χ4n) is 1.50. The molecule has 0 aliphatic carbocycles. The maximum Gasteiger partial charge on any atom is 0.227 e. The highest BCUT2D eigenvalue weighted by molar-refractivity contribution is 7.98. The number of thioether (sulfide) groups is 1. The van der Waals surface area contributed by atoms with Crippen LogP contribution < -0.4 is 5.32 Å². The molecule has 2 rings (SSSR count). The van der Waals surface area contributed by atoms with E-state index < -0.39 is 0 Å². The van der Waals surface area contributed by atoms with Crippen LogP contribution in [0.4, 0.5) is 4.39 Å². The summed E-state index contributed by atoms with van der Waals surface area (Å²) in [6, 6.07) is 6.37. The molecule has 0 aliphatic rings. The minimum Gasteiger partial charge on any atom is -0.339 e. The number of aromatic nitrogens is 2. The van der Waals surface area contributed by atoms with Gasteiger partial charge in [0, 0.05) is 17.9 Å². The highest BCUT2D eigenvalue weighted by Gasteiger charge is 2.06. The molecule has 0 aliphatic heterocycles. The van der Waals surface area contributed by atoms with Gasteiger partial charge in [0.1, 0.15) is 5.82 Å². The van der Waals surface area contributed by atoms with Gasteiger partial charge in [-0.25, -0.2) is 4.39 Å². The molecule has 0 unspecified atom stereocenters. The molecule has 0 fully saturated rings. The molecule has 0 atom stereocenters. The fourth-order valence-corrected chi connectivity index (χ4v) is 2.24. The van der Waals surface area contributed by atoms with Gasteiger partial charge in [0.15, 0.2) is 5.82 Å². The monoisotopic (exact) mass is 281 g/mol. The van der Waals surface area contributed by atoms with Crippen molar-refractivity contribution in [3.05, 3.63) is 41.8 Å². The first kappa shape index (κ1) is 14.0. The summed E-state index contributed by atoms with van der Waals surface area (Å²) in [5.74, 6) is 1.71. The summed E-state index contributed by atoms with van der Waals surface area (Å²) in [5, 5.41) is 7.12. The zero-order chi connectivity index (χ0) is 13.5. The minimum absolute atomic E-state index is 0.227. The Balaban J connectivity index is 1.81. The topological polar surface area (TPSA) is 51.0 Å². The molecule has 1 heterocycles. The molecule has 19 heavy (non-hydrogen) atoms. The van der Waals surface area contributed by atoms with Gasteiger partial charge < -0.3 is 9.84 Å². The molecule has 1 aromatic heterocycles. The maximum absolute atomic E-state index is 12.7. The summed E-state index contributed by atoms with van der Waals surface area (Å²) < 4.78 is 17.9. The lowest BCUT2D eigenvalue weighted by molar-refractivity contribution is 0.372. The first-order chi connectivity index (χ1) is 9.28. The van der Waals surface area contributed by atoms with Crippen molar-refractivity contribution in [3.8, 4) is 0 Å². The van der Waals surface area contributed by atoms with E-state index >= 15 is 0 Å². The van der Waals surface area contributed by atoms with Crippen LogP contribution in [-0.2, 0) is 12.2 Å². The largest absolute Gasteiger partial charge is 0.339 e. The zero-order valence-corrected chi connectivity index (χ0v) is 11.5. The maximum atomic E-state index is 12.7. The highest BCUT2D eigenvalue weighted by atomic mass is 32.2. The van der Waals surface area contributed by atoms with Crippen molar-refractivity contribution in [2.75, 3.05) is 13.1 Å². The van der Waals surface area contributed by atoms with E-state index in [9.17, 15) is 4.39 Å². The van der Waals surface area contributed by atoms with Gasteiger partial charge in [0.05, 0.1) is 5.75 Å². The summed E-state index contributed by atoms with van der Waals surface area (Å²) in [7, 11) is 0. The first-order valence-electron chi connectivity index (χ1n) is 6.18. The summed E-state index contributed by atoms with van der Waals surface area (Å²) in [6.07, 6.45) is 0.738. The molecular weight excluding hydrogens is 265 g/mol. The van der Waals surface area contributed by atoms with Crippen molar-refractivity contribution in [2.24, 2.45) is 0 Å². The Hall–Kier alpha value is -1.40. The molecule has 1 N–H and O–H groups in total. The van der Waals surface area contributed by atoms with Gasteiger partial charge in [-0.1, -0.05) is 12.1 Å². The molecule has 0 spiro atoms. The smallest absolute Gasteiger partial charge is 0.227 e. The van der Waals surface area contributed by atoms with Crippen LogP contribution in [0.2, 0.25) is 0 Å². The third kappa shape index (κ3) is 4.65. The third-order valence-corrected chi connectivity index (χ3v) is 3.47. The van der Waals surface area contributed by atoms with Crippen molar-refractivity contribution in [1.82, 2.24) is 15.5 Å². The third-order valence-electron chi connectivity index (χ3n) is 2.46. The molecule has 4 nitrogen and oxygen atoms in total. The number of nitrogens with zero attached hydrogens (tertiary/aromatic N) is 2. The predicted octanol–water partition coefficient (Wildman–Crippen LogP) is 2.65. The number of nitrogens with one attached hydrogen (secondary N) is 1. The molecular formula is C13H16FN3OS. The van der Waals surface area contributed by atoms with Crippen LogP contribution in [-0.4, -0.2) is 23.2 Å². The van der Waals surface area contributed by atoms with Crippen LogP contribution >= 0.6 is 11.8 Å². The second-order valence-electron chi connectivity index (χ2n) is 3.95. The number of hydrogen-bond acceptors (Lipinski definition) is 5. The molecule has 2 aromatic rings. The molecule has 6 heteroatoms. The van der Waals surface area contributed by atoms with E-state index in [0.717, 1.165) is 24.4 Å². The zero-order valence-electron chi connectivity index (χ0n) is 10.7. The molecule has 0 amide bonds. The van der Waals surface area contributed by atoms with Gasteiger partial charge in [-0.15, -0.1) is 11.8 Å². The van der Waals surface area contributed by atoms with Gasteiger partial charge in [0.25, 0.3) is 0 Å². The summed E-state index contributed by atoms with van der Waals surface area (Å²) >= 11 is 1.56. The Labute approximate surface area is 115 Å². The van der Waals surface area contributed by atoms with E-state index in [4.69, 9.17) is 4.52 Å². The van der Waals surface area contributed by atoms with E-state index in [1.807, 2.05) is 0 Å². The molecule has 0 saturated carbocycles. The van der Waals surface area contributed by atoms with Crippen molar-refractivity contribution >= 4 is 11.8 Å². The van der Waals surface area contributed by atoms with Crippen molar-refractivity contribution in [2.45, 2.75) is 24.0 Å². The van der Waals surface area contributed by atoms with Crippen LogP contribution in [0, 0.1) is 5.82 Å². The summed E-state index contributed by atoms with van der Waals surface area (Å²) in [4.78, 5) is 5.29. The lowest BCUT2D eigenvalue weighted by Crippen LogP contribution is -2.16. The quantitative estimate of drug-likeness (QED) is 0.624. The second kappa shape index (κ2) is 7.25. The van der Waals surface area contributed by atoms with Crippen LogP contribution in [0.5, 0.6) is 0 Å². The number of halogens is 1. The Morgan fingerprint density at radius 3 is 2.84 bits per heavy atom. The van der Waals surface area contributed by atoms with Crippen LogP contribution in [0.3, 0.4) is 0 Å². The average Bonchev–Trinajstić information content (AvgIpc) is 2.86. The number of benzene rings is 1. The second-order valence-corrected chi connectivity index (χ2v) is 5.00. The molecule has 0 saturated heterocycles. The molecule has 0 bridgehead atoms. The SMILES string of the molecule is CCNCCc1nc(CSc2ccc(F)cc2)no1. The van der Waals surface area contributed by atoms with E-state index in [1.54, 1.807) is 23.9 Å². The Morgan fingerprint density at radius 2 is 2.11 bits per heavy atom. The molecule has 0 radical (unpaired) electrons.